The van der Waals surface area contributed by atoms with E-state index in [1.165, 1.54) is 43.8 Å². The van der Waals surface area contributed by atoms with Crippen LogP contribution in [0.5, 0.6) is 0 Å². The molecule has 55 heavy (non-hydrogen) atoms. The molecule has 0 bridgehead atoms. The van der Waals surface area contributed by atoms with E-state index in [9.17, 15) is 5.26 Å². The molecule has 3 nitrogen and oxygen atoms in total. The summed E-state index contributed by atoms with van der Waals surface area (Å²) in [6, 6.07) is 68.0. The van der Waals surface area contributed by atoms with Crippen molar-refractivity contribution in [2.45, 2.75) is 0 Å². The highest BCUT2D eigenvalue weighted by molar-refractivity contribution is 6.22. The zero-order valence-electron chi connectivity index (χ0n) is 29.7. The molecule has 0 spiro atoms. The molecule has 3 heteroatoms. The van der Waals surface area contributed by atoms with Gasteiger partial charge in [0.25, 0.3) is 0 Å². The van der Waals surface area contributed by atoms with Crippen LogP contribution in [-0.2, 0) is 0 Å². The first-order valence-electron chi connectivity index (χ1n) is 18.4. The Morgan fingerprint density at radius 2 is 0.982 bits per heavy atom. The lowest BCUT2D eigenvalue weighted by molar-refractivity contribution is 1.18. The van der Waals surface area contributed by atoms with Gasteiger partial charge in [0.15, 0.2) is 5.69 Å². The topological polar surface area (TPSA) is 33.1 Å². The standard InChI is InChI=1S/C52H31N3/c1-54-48-32-38(55-49-25-12-11-19-41(49)47-30-34(33-53)26-29-50(47)55)27-28-40(48)37-17-13-16-36(31-37)39-18-5-6-20-42(39)52-45-23-9-7-21-43(45)51(35-14-3-2-4-15-35)44-22-8-10-24-46(44)52/h2-32H. The second kappa shape index (κ2) is 13.0. The van der Waals surface area contributed by atoms with Crippen LogP contribution in [0.15, 0.2) is 188 Å². The molecule has 1 aromatic heterocycles. The number of hydrogen-bond acceptors (Lipinski definition) is 1. The molecule has 0 atom stereocenters. The van der Waals surface area contributed by atoms with Gasteiger partial charge in [0.1, 0.15) is 0 Å². The highest BCUT2D eigenvalue weighted by atomic mass is 15.0. The van der Waals surface area contributed by atoms with Gasteiger partial charge in [-0.3, -0.25) is 0 Å². The number of benzene rings is 9. The molecular formula is C52H31N3. The molecule has 0 unspecified atom stereocenters. The summed E-state index contributed by atoms with van der Waals surface area (Å²) in [5.74, 6) is 0. The van der Waals surface area contributed by atoms with Gasteiger partial charge in [-0.05, 0) is 109 Å². The van der Waals surface area contributed by atoms with Crippen molar-refractivity contribution in [2.75, 3.05) is 0 Å². The average molecular weight is 698 g/mol. The van der Waals surface area contributed by atoms with Gasteiger partial charge < -0.3 is 4.57 Å². The van der Waals surface area contributed by atoms with Crippen molar-refractivity contribution in [2.24, 2.45) is 0 Å². The van der Waals surface area contributed by atoms with E-state index in [0.29, 0.717) is 11.3 Å². The monoisotopic (exact) mass is 697 g/mol. The Labute approximate surface area is 319 Å². The zero-order chi connectivity index (χ0) is 36.9. The van der Waals surface area contributed by atoms with E-state index < -0.39 is 0 Å². The third-order valence-corrected chi connectivity index (χ3v) is 10.8. The fourth-order valence-corrected chi connectivity index (χ4v) is 8.46. The first-order chi connectivity index (χ1) is 27.2. The Hall–Kier alpha value is -7.72. The van der Waals surface area contributed by atoms with E-state index >= 15 is 0 Å². The second-order valence-corrected chi connectivity index (χ2v) is 13.8. The third-order valence-electron chi connectivity index (χ3n) is 10.8. The number of para-hydroxylation sites is 1. The summed E-state index contributed by atoms with van der Waals surface area (Å²) in [4.78, 5) is 4.07. The minimum absolute atomic E-state index is 0.580. The van der Waals surface area contributed by atoms with Crippen molar-refractivity contribution in [3.05, 3.63) is 205 Å². The molecule has 0 fully saturated rings. The van der Waals surface area contributed by atoms with Gasteiger partial charge in [-0.2, -0.15) is 5.26 Å². The summed E-state index contributed by atoms with van der Waals surface area (Å²) in [6.45, 7) is 8.31. The van der Waals surface area contributed by atoms with E-state index in [0.717, 1.165) is 49.7 Å². The highest BCUT2D eigenvalue weighted by Crippen LogP contribution is 2.46. The molecule has 1 heterocycles. The van der Waals surface area contributed by atoms with Crippen molar-refractivity contribution in [1.29, 1.82) is 5.26 Å². The molecule has 10 rings (SSSR count). The summed E-state index contributed by atoms with van der Waals surface area (Å²) in [5.41, 5.74) is 13.1. The first-order valence-corrected chi connectivity index (χ1v) is 18.4. The average Bonchev–Trinajstić information content (AvgIpc) is 3.59. The molecule has 0 aliphatic rings. The molecule has 0 saturated carbocycles. The van der Waals surface area contributed by atoms with Gasteiger partial charge >= 0.3 is 0 Å². The van der Waals surface area contributed by atoms with E-state index in [1.807, 2.05) is 36.4 Å². The maximum absolute atomic E-state index is 9.61. The van der Waals surface area contributed by atoms with Gasteiger partial charge in [-0.1, -0.05) is 146 Å². The SMILES string of the molecule is [C-]#[N+]c1cc(-n2c3ccccc3c3cc(C#N)ccc32)ccc1-c1cccc(-c2ccccc2-c2c3ccccc3c(-c3ccccc3)c3ccccc23)c1. The van der Waals surface area contributed by atoms with Gasteiger partial charge in [0.2, 0.25) is 0 Å². The zero-order valence-corrected chi connectivity index (χ0v) is 29.7. The van der Waals surface area contributed by atoms with E-state index in [2.05, 4.69) is 167 Å². The number of nitriles is 1. The lowest BCUT2D eigenvalue weighted by atomic mass is 9.83. The molecule has 0 amide bonds. The molecule has 0 N–H and O–H groups in total. The smallest absolute Gasteiger partial charge is 0.196 e. The predicted octanol–water partition coefficient (Wildman–Crippen LogP) is 14.2. The summed E-state index contributed by atoms with van der Waals surface area (Å²) >= 11 is 0. The number of aromatic nitrogens is 1. The number of hydrogen-bond donors (Lipinski definition) is 0. The van der Waals surface area contributed by atoms with Crippen LogP contribution in [0.4, 0.5) is 5.69 Å². The fraction of sp³-hybridized carbons (Fsp3) is 0. The molecular weight excluding hydrogens is 667 g/mol. The molecule has 0 saturated heterocycles. The van der Waals surface area contributed by atoms with Gasteiger partial charge in [0, 0.05) is 16.5 Å². The van der Waals surface area contributed by atoms with Crippen LogP contribution in [0.25, 0.3) is 98.4 Å². The van der Waals surface area contributed by atoms with Gasteiger partial charge in [0.05, 0.1) is 29.2 Å². The lowest BCUT2D eigenvalue weighted by Crippen LogP contribution is -1.94. The first kappa shape index (κ1) is 32.0. The molecule has 10 aromatic rings. The fourth-order valence-electron chi connectivity index (χ4n) is 8.46. The molecule has 0 aliphatic heterocycles. The van der Waals surface area contributed by atoms with Crippen molar-refractivity contribution >= 4 is 49.0 Å². The quantitative estimate of drug-likeness (QED) is 0.130. The van der Waals surface area contributed by atoms with Crippen LogP contribution in [-0.4, -0.2) is 4.57 Å². The molecule has 9 aromatic carbocycles. The van der Waals surface area contributed by atoms with E-state index in [-0.39, 0.29) is 0 Å². The summed E-state index contributed by atoms with van der Waals surface area (Å²) in [7, 11) is 0. The van der Waals surface area contributed by atoms with Crippen molar-refractivity contribution in [3.8, 4) is 56.3 Å². The number of fused-ring (bicyclic) bond motifs is 5. The highest BCUT2D eigenvalue weighted by Gasteiger charge is 2.20. The summed E-state index contributed by atoms with van der Waals surface area (Å²) < 4.78 is 2.19. The minimum Gasteiger partial charge on any atom is -0.311 e. The Morgan fingerprint density at radius 1 is 0.418 bits per heavy atom. The maximum atomic E-state index is 9.61. The Balaban J connectivity index is 1.13. The minimum atomic E-state index is 0.580. The predicted molar refractivity (Wildman–Crippen MR) is 229 cm³/mol. The Bertz CT molecular complexity index is 3170. The number of nitrogens with zero attached hydrogens (tertiary/aromatic N) is 3. The second-order valence-electron chi connectivity index (χ2n) is 13.8. The van der Waals surface area contributed by atoms with Crippen molar-refractivity contribution in [3.63, 3.8) is 0 Å². The maximum Gasteiger partial charge on any atom is 0.196 e. The van der Waals surface area contributed by atoms with Crippen molar-refractivity contribution < 1.29 is 0 Å². The number of rotatable bonds is 5. The van der Waals surface area contributed by atoms with Gasteiger partial charge in [-0.25, -0.2) is 4.85 Å². The van der Waals surface area contributed by atoms with Crippen LogP contribution in [0, 0.1) is 17.9 Å². The Kier molecular flexibility index (Phi) is 7.58. The van der Waals surface area contributed by atoms with Gasteiger partial charge in [-0.15, -0.1) is 0 Å². The van der Waals surface area contributed by atoms with Crippen molar-refractivity contribution in [1.82, 2.24) is 4.57 Å². The molecule has 254 valence electrons. The summed E-state index contributed by atoms with van der Waals surface area (Å²) in [6.07, 6.45) is 0. The summed E-state index contributed by atoms with van der Waals surface area (Å²) in [5, 5.41) is 16.6. The lowest BCUT2D eigenvalue weighted by Gasteiger charge is -2.20. The normalized spacial score (nSPS) is 11.2. The Morgan fingerprint density at radius 3 is 1.67 bits per heavy atom. The largest absolute Gasteiger partial charge is 0.311 e. The third kappa shape index (κ3) is 5.19. The van der Waals surface area contributed by atoms with Crippen LogP contribution in [0.3, 0.4) is 0 Å². The van der Waals surface area contributed by atoms with Crippen LogP contribution < -0.4 is 0 Å². The van der Waals surface area contributed by atoms with Crippen LogP contribution >= 0.6 is 0 Å². The molecule has 0 radical (unpaired) electrons. The molecule has 0 aliphatic carbocycles. The van der Waals surface area contributed by atoms with E-state index in [4.69, 9.17) is 6.57 Å². The van der Waals surface area contributed by atoms with E-state index in [1.54, 1.807) is 0 Å². The van der Waals surface area contributed by atoms with Crippen LogP contribution in [0.1, 0.15) is 5.56 Å². The van der Waals surface area contributed by atoms with Crippen LogP contribution in [0.2, 0.25) is 0 Å².